The number of benzene rings is 2. The van der Waals surface area contributed by atoms with E-state index in [1.165, 1.54) is 55.5 Å². The second-order valence-corrected chi connectivity index (χ2v) is 28.2. The normalized spacial score (nSPS) is 25.2. The van der Waals surface area contributed by atoms with Gasteiger partial charge in [-0.3, -0.25) is 72.1 Å². The number of hydrogen-bond acceptors (Lipinski definition) is 22. The Balaban J connectivity index is 2.20. The third-order valence-corrected chi connectivity index (χ3v) is 18.0. The zero-order valence-electron chi connectivity index (χ0n) is 61.9. The van der Waals surface area contributed by atoms with E-state index >= 15 is 0 Å². The number of amides is 14. The van der Waals surface area contributed by atoms with E-state index in [0.717, 1.165) is 25.6 Å². The molecule has 0 aromatic heterocycles. The Morgan fingerprint density at radius 1 is 0.495 bits per heavy atom. The Bertz CT molecular complexity index is 3360. The van der Waals surface area contributed by atoms with Crippen LogP contribution in [0.1, 0.15) is 125 Å². The Morgan fingerprint density at radius 3 is 1.41 bits per heavy atom. The molecular formula is C69H110N18O19S. The second-order valence-electron chi connectivity index (χ2n) is 27.2. The van der Waals surface area contributed by atoms with E-state index in [1.807, 2.05) is 0 Å². The first kappa shape index (κ1) is 91.3. The standard InChI is InChI=1S/C69H110N18O19S/c1-10-36(6)54-66(104)83-50(31-88)65(103)81-49(29-41-18-22-43(92)23-19-41)64(102)79-44(15-13-25-74-69(72)73)59(97)75-30-52(93)77-45(14-11-12-24-70)60(98)86-56(39(9)90)68(106)87-55(38(8)89)67(105)82-47(27-35(4)5)62(100)80-46(26-34(2)3)63(101)84-51(57(71)95)32-107-33-53(94)78-48(28-40-16-20-42(91)21-17-40)61(99)76-37(7)58(96)85-54/h16-23,34-39,44-51,54-56,88-92H,10-15,24-33,70H2,1-9H3,(H2,71,95)(H,75,97)(H,76,99)(H,77,93)(H,78,94)(H,79,102)(H,80,100)(H,81,103)(H,82,105)(H,83,104)(H,84,101)(H,85,96)(H,86,98)(H,87,106)(H4,72,73,74)/t36-,37-,38+,39+,44-,45-,46-,47-,48+,49-,50-,51-,54-,55-,56-/m0/s1. The molecule has 2 aromatic rings. The average Bonchev–Trinajstić information content (AvgIpc) is 0.850. The number of aliphatic hydroxyl groups excluding tert-OH is 3. The molecule has 1 aliphatic rings. The minimum Gasteiger partial charge on any atom is -0.508 e. The first-order valence-electron chi connectivity index (χ1n) is 35.4. The van der Waals surface area contributed by atoms with Gasteiger partial charge in [0.15, 0.2) is 5.96 Å². The first-order valence-corrected chi connectivity index (χ1v) is 36.6. The zero-order valence-corrected chi connectivity index (χ0v) is 62.7. The lowest BCUT2D eigenvalue weighted by atomic mass is 9.97. The Kier molecular flexibility index (Phi) is 39.4. The fourth-order valence-corrected chi connectivity index (χ4v) is 11.7. The molecule has 2 aromatic carbocycles. The largest absolute Gasteiger partial charge is 0.508 e. The van der Waals surface area contributed by atoms with Crippen molar-refractivity contribution in [1.82, 2.24) is 69.1 Å². The number of nitrogens with two attached hydrogens (primary N) is 4. The number of rotatable bonds is 22. The Hall–Kier alpha value is -9.92. The van der Waals surface area contributed by atoms with E-state index in [2.05, 4.69) is 74.1 Å². The van der Waals surface area contributed by atoms with Crippen LogP contribution in [0.15, 0.2) is 53.5 Å². The van der Waals surface area contributed by atoms with Crippen LogP contribution in [-0.2, 0) is 80.0 Å². The van der Waals surface area contributed by atoms with Gasteiger partial charge in [0.1, 0.15) is 84.0 Å². The number of phenols is 2. The maximum Gasteiger partial charge on any atom is 0.245 e. The summed E-state index contributed by atoms with van der Waals surface area (Å²) < 4.78 is 0. The highest BCUT2D eigenvalue weighted by Crippen LogP contribution is 2.17. The summed E-state index contributed by atoms with van der Waals surface area (Å²) in [6.45, 7) is 11.8. The molecule has 1 fully saturated rings. The van der Waals surface area contributed by atoms with Gasteiger partial charge in [0.25, 0.3) is 0 Å². The Morgan fingerprint density at radius 2 is 0.907 bits per heavy atom. The van der Waals surface area contributed by atoms with Gasteiger partial charge >= 0.3 is 0 Å². The number of primary amides is 1. The highest BCUT2D eigenvalue weighted by molar-refractivity contribution is 8.00. The predicted octanol–water partition coefficient (Wildman–Crippen LogP) is -5.86. The topological polar surface area (TPSA) is 613 Å². The summed E-state index contributed by atoms with van der Waals surface area (Å²) in [4.78, 5) is 201. The zero-order chi connectivity index (χ0) is 80.4. The van der Waals surface area contributed by atoms with Crippen molar-refractivity contribution < 1.29 is 92.7 Å². The van der Waals surface area contributed by atoms with Gasteiger partial charge in [-0.05, 0) is 125 Å². The van der Waals surface area contributed by atoms with Crippen LogP contribution in [0.5, 0.6) is 11.5 Å². The van der Waals surface area contributed by atoms with E-state index in [9.17, 15) is 92.7 Å². The van der Waals surface area contributed by atoms with Crippen LogP contribution >= 0.6 is 11.8 Å². The van der Waals surface area contributed by atoms with Crippen LogP contribution in [0.4, 0.5) is 0 Å². The summed E-state index contributed by atoms with van der Waals surface area (Å²) >= 11 is 0.813. The van der Waals surface area contributed by atoms with Crippen molar-refractivity contribution >= 4 is 100 Å². The summed E-state index contributed by atoms with van der Waals surface area (Å²) in [6.07, 6.45) is -3.64. The molecule has 0 bridgehead atoms. The van der Waals surface area contributed by atoms with Gasteiger partial charge in [-0.25, -0.2) is 0 Å². The van der Waals surface area contributed by atoms with Crippen molar-refractivity contribution in [3.63, 3.8) is 0 Å². The van der Waals surface area contributed by atoms with Crippen molar-refractivity contribution in [2.24, 2.45) is 45.7 Å². The molecule has 0 unspecified atom stereocenters. The monoisotopic (exact) mass is 1530 g/mol. The molecule has 37 nitrogen and oxygen atoms in total. The number of aliphatic imine (C=N–C) groups is 1. The predicted molar refractivity (Wildman–Crippen MR) is 394 cm³/mol. The molecule has 596 valence electrons. The summed E-state index contributed by atoms with van der Waals surface area (Å²) in [7, 11) is 0. The molecule has 0 saturated carbocycles. The van der Waals surface area contributed by atoms with E-state index in [4.69, 9.17) is 22.9 Å². The Labute approximate surface area is 625 Å². The van der Waals surface area contributed by atoms with E-state index in [0.29, 0.717) is 17.5 Å². The van der Waals surface area contributed by atoms with Crippen molar-refractivity contribution in [1.29, 1.82) is 0 Å². The minimum absolute atomic E-state index is 0.0241. The molecule has 0 radical (unpaired) electrons. The SMILES string of the molecule is CC[C@H](C)[C@@H]1NC(=O)[C@H](C)NC(=O)[C@@H](Cc2ccc(O)cc2)NC(=O)CSC[C@@H](C(N)=O)NC(=O)[C@H](CC(C)C)NC(=O)[C@H](CC(C)C)NC(=O)[C@H]([C@@H](C)O)NC(=O)[C@H]([C@@H](C)O)NC(=O)[C@H](CCCCN)NC(=O)CNC(=O)[C@H](CCCN=C(N)N)NC(=O)[C@H](Cc2ccc(O)cc2)NC(=O)[C@H](CO)NC1=O. The number of carbonyl (C=O) groups is 14. The molecule has 26 N–H and O–H groups in total. The third kappa shape index (κ3) is 32.8. The number of nitrogens with zero attached hydrogens (tertiary/aromatic N) is 1. The van der Waals surface area contributed by atoms with Crippen LogP contribution in [0.25, 0.3) is 0 Å². The van der Waals surface area contributed by atoms with E-state index in [1.54, 1.807) is 41.5 Å². The maximum atomic E-state index is 14.6. The van der Waals surface area contributed by atoms with Gasteiger partial charge in [-0.2, -0.15) is 0 Å². The van der Waals surface area contributed by atoms with Gasteiger partial charge in [0.05, 0.1) is 31.1 Å². The van der Waals surface area contributed by atoms with E-state index < -0.39 is 192 Å². The molecule has 0 aliphatic carbocycles. The maximum absolute atomic E-state index is 14.6. The molecule has 15 atom stereocenters. The molecule has 14 amide bonds. The summed E-state index contributed by atoms with van der Waals surface area (Å²) in [5, 5.41) is 85.1. The minimum atomic E-state index is -1.89. The number of nitrogens with one attached hydrogen (secondary N) is 13. The number of thioether (sulfide) groups is 1. The summed E-state index contributed by atoms with van der Waals surface area (Å²) in [5.74, 6) is -16.7. The number of phenolic OH excluding ortho intramolecular Hbond substituents is 2. The lowest BCUT2D eigenvalue weighted by molar-refractivity contribution is -0.138. The van der Waals surface area contributed by atoms with Gasteiger partial charge in [-0.1, -0.05) is 72.2 Å². The molecule has 1 heterocycles. The van der Waals surface area contributed by atoms with Gasteiger partial charge in [0.2, 0.25) is 82.7 Å². The van der Waals surface area contributed by atoms with Crippen LogP contribution in [0.2, 0.25) is 0 Å². The number of carbonyl (C=O) groups excluding carboxylic acids is 14. The lowest BCUT2D eigenvalue weighted by Gasteiger charge is -2.29. The van der Waals surface area contributed by atoms with E-state index in [-0.39, 0.29) is 106 Å². The number of unbranched alkanes of at least 4 members (excludes halogenated alkanes) is 1. The summed E-state index contributed by atoms with van der Waals surface area (Å²) in [6, 6.07) is -7.89. The van der Waals surface area contributed by atoms with Crippen molar-refractivity contribution in [2.45, 2.75) is 211 Å². The molecule has 0 spiro atoms. The third-order valence-electron chi connectivity index (χ3n) is 17.0. The molecular weight excluding hydrogens is 1420 g/mol. The van der Waals surface area contributed by atoms with Crippen LogP contribution < -0.4 is 92.1 Å². The van der Waals surface area contributed by atoms with Crippen molar-refractivity contribution in [3.8, 4) is 11.5 Å². The van der Waals surface area contributed by atoms with Crippen molar-refractivity contribution in [2.75, 3.05) is 37.7 Å². The van der Waals surface area contributed by atoms with Crippen LogP contribution in [0, 0.1) is 17.8 Å². The quantitative estimate of drug-likeness (QED) is 0.0297. The van der Waals surface area contributed by atoms with Crippen LogP contribution in [-0.4, -0.2) is 237 Å². The van der Waals surface area contributed by atoms with Gasteiger partial charge < -0.3 is 118 Å². The number of hydrogen-bond donors (Lipinski definition) is 22. The number of aliphatic hydroxyl groups is 3. The number of guanidine groups is 1. The molecule has 1 aliphatic heterocycles. The molecule has 107 heavy (non-hydrogen) atoms. The fraction of sp³-hybridized carbons (Fsp3) is 0.609. The lowest BCUT2D eigenvalue weighted by Crippen LogP contribution is -2.63. The molecule has 1 saturated heterocycles. The molecule has 3 rings (SSSR count). The fourth-order valence-electron chi connectivity index (χ4n) is 10.8. The average molecular weight is 1530 g/mol. The first-order chi connectivity index (χ1) is 50.4. The van der Waals surface area contributed by atoms with Gasteiger partial charge in [0, 0.05) is 25.1 Å². The van der Waals surface area contributed by atoms with Crippen LogP contribution in [0.3, 0.4) is 0 Å². The van der Waals surface area contributed by atoms with Gasteiger partial charge in [-0.15, -0.1) is 11.8 Å². The molecule has 38 heteroatoms. The highest BCUT2D eigenvalue weighted by atomic mass is 32.2. The smallest absolute Gasteiger partial charge is 0.245 e. The number of aromatic hydroxyl groups is 2. The second kappa shape index (κ2) is 46.2. The highest BCUT2D eigenvalue weighted by Gasteiger charge is 2.39. The summed E-state index contributed by atoms with van der Waals surface area (Å²) in [5.41, 5.74) is 23.4. The van der Waals surface area contributed by atoms with Crippen molar-refractivity contribution in [3.05, 3.63) is 59.7 Å².